The molecule has 1 saturated carbocycles. The highest BCUT2D eigenvalue weighted by Crippen LogP contribution is 2.30. The van der Waals surface area contributed by atoms with Crippen LogP contribution in [0.2, 0.25) is 0 Å². The first kappa shape index (κ1) is 12.2. The van der Waals surface area contributed by atoms with Crippen molar-refractivity contribution in [2.45, 2.75) is 32.7 Å². The Balaban J connectivity index is 1.82. The van der Waals surface area contributed by atoms with Gasteiger partial charge >= 0.3 is 12.0 Å². The van der Waals surface area contributed by atoms with Crippen molar-refractivity contribution in [1.82, 2.24) is 9.80 Å². The number of urea groups is 1. The fourth-order valence-corrected chi connectivity index (χ4v) is 2.30. The molecule has 0 aromatic rings. The van der Waals surface area contributed by atoms with Crippen molar-refractivity contribution in [3.05, 3.63) is 0 Å². The van der Waals surface area contributed by atoms with Crippen LogP contribution in [-0.4, -0.2) is 52.6 Å². The molecule has 1 aliphatic carbocycles. The number of rotatable bonds is 4. The van der Waals surface area contributed by atoms with E-state index in [4.69, 9.17) is 5.11 Å². The van der Waals surface area contributed by atoms with Crippen LogP contribution in [0.3, 0.4) is 0 Å². The summed E-state index contributed by atoms with van der Waals surface area (Å²) in [4.78, 5) is 26.6. The molecule has 2 amide bonds. The Bertz CT molecular complexity index is 322. The third-order valence-electron chi connectivity index (χ3n) is 3.85. The Hall–Kier alpha value is -1.26. The third-order valence-corrected chi connectivity index (χ3v) is 3.85. The smallest absolute Gasteiger partial charge is 0.320 e. The number of hydrogen-bond acceptors (Lipinski definition) is 2. The van der Waals surface area contributed by atoms with Crippen molar-refractivity contribution in [2.24, 2.45) is 11.8 Å². The van der Waals surface area contributed by atoms with E-state index in [9.17, 15) is 9.59 Å². The summed E-state index contributed by atoms with van der Waals surface area (Å²) in [6.07, 6.45) is 2.23. The molecule has 1 saturated heterocycles. The van der Waals surface area contributed by atoms with Gasteiger partial charge in [0, 0.05) is 31.6 Å². The molecule has 1 aliphatic heterocycles. The van der Waals surface area contributed by atoms with Crippen LogP contribution in [0.25, 0.3) is 0 Å². The van der Waals surface area contributed by atoms with Gasteiger partial charge in [-0.15, -0.1) is 0 Å². The quantitative estimate of drug-likeness (QED) is 0.804. The number of carbonyl (C=O) groups excluding carboxylic acids is 1. The number of likely N-dealkylation sites (tertiary alicyclic amines) is 1. The van der Waals surface area contributed by atoms with E-state index >= 15 is 0 Å². The fraction of sp³-hybridized carbons (Fsp3) is 0.833. The number of carbonyl (C=O) groups is 2. The highest BCUT2D eigenvalue weighted by Gasteiger charge is 2.41. The van der Waals surface area contributed by atoms with E-state index in [2.05, 4.69) is 0 Å². The highest BCUT2D eigenvalue weighted by molar-refractivity contribution is 5.77. The van der Waals surface area contributed by atoms with Crippen LogP contribution in [0.5, 0.6) is 0 Å². The summed E-state index contributed by atoms with van der Waals surface area (Å²) < 4.78 is 0. The summed E-state index contributed by atoms with van der Waals surface area (Å²) in [5.41, 5.74) is 0. The Morgan fingerprint density at radius 3 is 2.41 bits per heavy atom. The van der Waals surface area contributed by atoms with Gasteiger partial charge in [0.1, 0.15) is 0 Å². The average Bonchev–Trinajstić information content (AvgIpc) is 3.00. The van der Waals surface area contributed by atoms with Gasteiger partial charge in [-0.2, -0.15) is 0 Å². The normalized spacial score (nSPS) is 21.9. The number of hydrogen-bond donors (Lipinski definition) is 1. The molecule has 0 bridgehead atoms. The summed E-state index contributed by atoms with van der Waals surface area (Å²) >= 11 is 0. The van der Waals surface area contributed by atoms with E-state index in [1.807, 2.05) is 11.8 Å². The van der Waals surface area contributed by atoms with Crippen molar-refractivity contribution < 1.29 is 14.7 Å². The predicted octanol–water partition coefficient (Wildman–Crippen LogP) is 1.24. The van der Waals surface area contributed by atoms with Gasteiger partial charge in [-0.3, -0.25) is 4.79 Å². The van der Waals surface area contributed by atoms with Gasteiger partial charge in [0.05, 0.1) is 5.92 Å². The lowest BCUT2D eigenvalue weighted by Crippen LogP contribution is -2.57. The van der Waals surface area contributed by atoms with Gasteiger partial charge in [0.25, 0.3) is 0 Å². The van der Waals surface area contributed by atoms with E-state index in [0.717, 1.165) is 19.4 Å². The van der Waals surface area contributed by atoms with Crippen LogP contribution >= 0.6 is 0 Å². The Morgan fingerprint density at radius 2 is 2.00 bits per heavy atom. The second-order valence-electron chi connectivity index (χ2n) is 5.09. The molecule has 1 heterocycles. The minimum atomic E-state index is -0.767. The van der Waals surface area contributed by atoms with Crippen molar-refractivity contribution in [3.63, 3.8) is 0 Å². The number of nitrogens with zero attached hydrogens (tertiary/aromatic N) is 2. The Labute approximate surface area is 101 Å². The van der Waals surface area contributed by atoms with Gasteiger partial charge in [-0.25, -0.2) is 4.79 Å². The highest BCUT2D eigenvalue weighted by atomic mass is 16.4. The maximum atomic E-state index is 12.1. The number of carboxylic acids is 1. The molecule has 2 fully saturated rings. The van der Waals surface area contributed by atoms with Crippen LogP contribution in [0.1, 0.15) is 26.7 Å². The van der Waals surface area contributed by atoms with Gasteiger partial charge in [-0.05, 0) is 19.8 Å². The van der Waals surface area contributed by atoms with Crippen molar-refractivity contribution in [1.29, 1.82) is 0 Å². The summed E-state index contributed by atoms with van der Waals surface area (Å²) in [6, 6.07) is 0.521. The molecule has 5 nitrogen and oxygen atoms in total. The van der Waals surface area contributed by atoms with Crippen molar-refractivity contribution >= 4 is 12.0 Å². The second-order valence-corrected chi connectivity index (χ2v) is 5.09. The van der Waals surface area contributed by atoms with Crippen LogP contribution < -0.4 is 0 Å². The topological polar surface area (TPSA) is 60.9 Å². The monoisotopic (exact) mass is 240 g/mol. The van der Waals surface area contributed by atoms with E-state index in [1.165, 1.54) is 0 Å². The van der Waals surface area contributed by atoms with E-state index in [1.54, 1.807) is 11.8 Å². The van der Waals surface area contributed by atoms with Gasteiger partial charge in [-0.1, -0.05) is 6.92 Å². The molecule has 5 heteroatoms. The second kappa shape index (κ2) is 4.55. The lowest BCUT2D eigenvalue weighted by molar-refractivity contribution is -0.144. The Morgan fingerprint density at radius 1 is 1.41 bits per heavy atom. The van der Waals surface area contributed by atoms with Gasteiger partial charge in [0.2, 0.25) is 0 Å². The predicted molar refractivity (Wildman–Crippen MR) is 62.7 cm³/mol. The van der Waals surface area contributed by atoms with Crippen molar-refractivity contribution in [3.8, 4) is 0 Å². The maximum absolute atomic E-state index is 12.1. The first-order valence-corrected chi connectivity index (χ1v) is 6.33. The molecular weight excluding hydrogens is 220 g/mol. The molecule has 96 valence electrons. The van der Waals surface area contributed by atoms with Gasteiger partial charge in [0.15, 0.2) is 0 Å². The molecule has 2 aliphatic rings. The molecular formula is C12H20N2O3. The maximum Gasteiger partial charge on any atom is 0.320 e. The first-order chi connectivity index (χ1) is 8.04. The Kier molecular flexibility index (Phi) is 3.26. The molecule has 0 radical (unpaired) electrons. The van der Waals surface area contributed by atoms with Gasteiger partial charge < -0.3 is 14.9 Å². The summed E-state index contributed by atoms with van der Waals surface area (Å²) in [6.45, 7) is 5.64. The molecule has 17 heavy (non-hydrogen) atoms. The van der Waals surface area contributed by atoms with E-state index in [-0.39, 0.29) is 17.9 Å². The van der Waals surface area contributed by atoms with E-state index < -0.39 is 5.97 Å². The number of aliphatic carboxylic acids is 1. The molecule has 2 rings (SSSR count). The van der Waals surface area contributed by atoms with Crippen molar-refractivity contribution in [2.75, 3.05) is 19.6 Å². The average molecular weight is 240 g/mol. The zero-order chi connectivity index (χ0) is 12.6. The van der Waals surface area contributed by atoms with Crippen LogP contribution in [-0.2, 0) is 4.79 Å². The lowest BCUT2D eigenvalue weighted by Gasteiger charge is -2.43. The van der Waals surface area contributed by atoms with E-state index in [0.29, 0.717) is 19.1 Å². The minimum Gasteiger partial charge on any atom is -0.481 e. The zero-order valence-corrected chi connectivity index (χ0v) is 10.4. The standard InChI is InChI=1S/C12H20N2O3/c1-3-14(10-4-5-10)12(17)13-6-9(7-13)8(2)11(15)16/h8-10H,3-7H2,1-2H3,(H,15,16). The molecule has 1 unspecified atom stereocenters. The molecule has 0 aromatic heterocycles. The molecule has 0 spiro atoms. The summed E-state index contributed by atoms with van der Waals surface area (Å²) in [5, 5.41) is 8.88. The summed E-state index contributed by atoms with van der Waals surface area (Å²) in [5.74, 6) is -0.999. The molecule has 1 atom stereocenters. The van der Waals surface area contributed by atoms with Crippen LogP contribution in [0, 0.1) is 11.8 Å². The minimum absolute atomic E-state index is 0.0869. The SMILES string of the molecule is CCN(C(=O)N1CC(C(C)C(=O)O)C1)C1CC1. The van der Waals surface area contributed by atoms with Crippen LogP contribution in [0.15, 0.2) is 0 Å². The largest absolute Gasteiger partial charge is 0.481 e. The zero-order valence-electron chi connectivity index (χ0n) is 10.4. The fourth-order valence-electron chi connectivity index (χ4n) is 2.30. The van der Waals surface area contributed by atoms with Crippen LogP contribution in [0.4, 0.5) is 4.79 Å². The molecule has 1 N–H and O–H groups in total. The lowest BCUT2D eigenvalue weighted by atomic mass is 9.87. The first-order valence-electron chi connectivity index (χ1n) is 6.33. The number of amides is 2. The third kappa shape index (κ3) is 2.37. The summed E-state index contributed by atoms with van der Waals surface area (Å²) in [7, 11) is 0. The number of carboxylic acid groups (broad SMARTS) is 1. The molecule has 0 aromatic carbocycles.